The summed E-state index contributed by atoms with van der Waals surface area (Å²) in [4.78, 5) is 6.75. The minimum atomic E-state index is -0.184. The van der Waals surface area contributed by atoms with Crippen molar-refractivity contribution >= 4 is 23.0 Å². The molecule has 0 bridgehead atoms. The molecule has 2 atom stereocenters. The molecule has 2 aromatic carbocycles. The van der Waals surface area contributed by atoms with Gasteiger partial charge in [0.2, 0.25) is 0 Å². The van der Waals surface area contributed by atoms with E-state index >= 15 is 0 Å². The van der Waals surface area contributed by atoms with Crippen molar-refractivity contribution in [2.45, 2.75) is 43.9 Å². The first-order chi connectivity index (χ1) is 17.3. The molecule has 4 aromatic rings. The smallest absolute Gasteiger partial charge is 0.174 e. The Bertz CT molecular complexity index is 1280. The van der Waals surface area contributed by atoms with Gasteiger partial charge < -0.3 is 19.4 Å². The minimum absolute atomic E-state index is 0.145. The molecular weight excluding hydrogens is 454 g/mol. The number of anilines is 1. The Morgan fingerprint density at radius 1 is 0.886 bits per heavy atom. The first kappa shape index (κ1) is 21.9. The number of thiocarbonyl (C=S) groups is 1. The molecule has 6 rings (SSSR count). The Labute approximate surface area is 210 Å². The number of nitrogens with zero attached hydrogens (tertiary/aromatic N) is 2. The van der Waals surface area contributed by atoms with Crippen LogP contribution >= 0.6 is 12.2 Å². The van der Waals surface area contributed by atoms with Crippen LogP contribution in [-0.4, -0.2) is 16.2 Å². The second kappa shape index (κ2) is 9.55. The van der Waals surface area contributed by atoms with Gasteiger partial charge in [-0.2, -0.15) is 0 Å². The Balaban J connectivity index is 1.35. The number of nitrogens with one attached hydrogen (secondary N) is 1. The van der Waals surface area contributed by atoms with Gasteiger partial charge in [0.1, 0.15) is 23.3 Å². The van der Waals surface area contributed by atoms with Gasteiger partial charge in [-0.25, -0.2) is 0 Å². The van der Waals surface area contributed by atoms with E-state index in [0.717, 1.165) is 47.1 Å². The summed E-state index contributed by atoms with van der Waals surface area (Å²) in [6.45, 7) is 0. The van der Waals surface area contributed by atoms with E-state index in [1.165, 1.54) is 12.8 Å². The fraction of sp³-hybridized carbons (Fsp3) is 0.241. The molecule has 2 fully saturated rings. The summed E-state index contributed by atoms with van der Waals surface area (Å²) >= 11 is 5.84. The summed E-state index contributed by atoms with van der Waals surface area (Å²) in [5.74, 6) is 2.57. The Kier molecular flexibility index (Phi) is 5.96. The lowest BCUT2D eigenvalue weighted by atomic mass is 10.0. The van der Waals surface area contributed by atoms with Crippen LogP contribution in [0.5, 0.6) is 5.75 Å². The zero-order valence-electron chi connectivity index (χ0n) is 19.3. The van der Waals surface area contributed by atoms with Crippen LogP contribution in [0.15, 0.2) is 95.5 Å². The van der Waals surface area contributed by atoms with Crippen molar-refractivity contribution in [3.05, 3.63) is 103 Å². The lowest BCUT2D eigenvalue weighted by Gasteiger charge is -2.26. The molecule has 0 spiro atoms. The summed E-state index contributed by atoms with van der Waals surface area (Å²) in [7, 11) is 0. The van der Waals surface area contributed by atoms with E-state index in [-0.39, 0.29) is 12.1 Å². The molecule has 1 saturated carbocycles. The normalized spacial score (nSPS) is 20.2. The number of benzene rings is 2. The highest BCUT2D eigenvalue weighted by Gasteiger charge is 2.42. The van der Waals surface area contributed by atoms with Crippen LogP contribution in [-0.2, 0) is 0 Å². The van der Waals surface area contributed by atoms with Crippen molar-refractivity contribution < 1.29 is 9.15 Å². The van der Waals surface area contributed by atoms with Gasteiger partial charge in [0.05, 0.1) is 17.8 Å². The quantitative estimate of drug-likeness (QED) is 0.304. The number of aromatic nitrogens is 1. The van der Waals surface area contributed by atoms with Gasteiger partial charge in [-0.05, 0) is 86.4 Å². The second-order valence-electron chi connectivity index (χ2n) is 9.08. The summed E-state index contributed by atoms with van der Waals surface area (Å²) in [6, 6.07) is 28.1. The van der Waals surface area contributed by atoms with Gasteiger partial charge >= 0.3 is 0 Å². The van der Waals surface area contributed by atoms with Crippen LogP contribution < -0.4 is 15.0 Å². The van der Waals surface area contributed by atoms with Gasteiger partial charge in [0.25, 0.3) is 0 Å². The largest absolute Gasteiger partial charge is 0.490 e. The highest BCUT2D eigenvalue weighted by molar-refractivity contribution is 7.80. The van der Waals surface area contributed by atoms with Crippen molar-refractivity contribution in [3.8, 4) is 17.1 Å². The summed E-state index contributed by atoms with van der Waals surface area (Å²) < 4.78 is 12.6. The third kappa shape index (κ3) is 4.42. The maximum Gasteiger partial charge on any atom is 0.174 e. The first-order valence-electron chi connectivity index (χ1n) is 12.2. The van der Waals surface area contributed by atoms with Gasteiger partial charge in [0, 0.05) is 17.4 Å². The molecule has 1 N–H and O–H groups in total. The summed E-state index contributed by atoms with van der Waals surface area (Å²) in [5, 5.41) is 4.14. The van der Waals surface area contributed by atoms with E-state index in [1.807, 2.05) is 66.9 Å². The molecule has 0 radical (unpaired) electrons. The molecule has 0 unspecified atom stereocenters. The maximum atomic E-state index is 6.42. The van der Waals surface area contributed by atoms with Crippen LogP contribution in [0.1, 0.15) is 49.2 Å². The molecule has 2 aromatic heterocycles. The molecule has 3 heterocycles. The molecule has 1 aliphatic carbocycles. The van der Waals surface area contributed by atoms with Gasteiger partial charge in [-0.15, -0.1) is 0 Å². The fourth-order valence-corrected chi connectivity index (χ4v) is 5.42. The Morgan fingerprint density at radius 3 is 2.40 bits per heavy atom. The van der Waals surface area contributed by atoms with Crippen molar-refractivity contribution in [1.29, 1.82) is 0 Å². The van der Waals surface area contributed by atoms with E-state index in [2.05, 4.69) is 39.5 Å². The zero-order valence-corrected chi connectivity index (χ0v) is 20.2. The molecule has 1 saturated heterocycles. The number of rotatable bonds is 6. The summed E-state index contributed by atoms with van der Waals surface area (Å²) in [6.07, 6.45) is 6.92. The Hall–Kier alpha value is -3.64. The predicted molar refractivity (Wildman–Crippen MR) is 141 cm³/mol. The lowest BCUT2D eigenvalue weighted by Crippen LogP contribution is -2.29. The van der Waals surface area contributed by atoms with Crippen molar-refractivity contribution in [3.63, 3.8) is 0 Å². The van der Waals surface area contributed by atoms with E-state index in [0.29, 0.717) is 11.2 Å². The van der Waals surface area contributed by atoms with Crippen LogP contribution in [0.2, 0.25) is 0 Å². The average molecular weight is 482 g/mol. The fourth-order valence-electron chi connectivity index (χ4n) is 5.08. The molecule has 5 nitrogen and oxygen atoms in total. The Morgan fingerprint density at radius 2 is 1.66 bits per heavy atom. The van der Waals surface area contributed by atoms with Crippen molar-refractivity contribution in [2.75, 3.05) is 4.90 Å². The highest BCUT2D eigenvalue weighted by Crippen LogP contribution is 2.43. The molecule has 35 heavy (non-hydrogen) atoms. The predicted octanol–water partition coefficient (Wildman–Crippen LogP) is 6.84. The van der Waals surface area contributed by atoms with Crippen molar-refractivity contribution in [1.82, 2.24) is 10.3 Å². The number of hydrogen-bond acceptors (Lipinski definition) is 4. The van der Waals surface area contributed by atoms with Crippen LogP contribution in [0, 0.1) is 0 Å². The monoisotopic (exact) mass is 481 g/mol. The SMILES string of the molecule is S=C1N[C@H](c2ccccn2)[C@H](c2ccc(-c3ccccc3)o2)N1c1ccc(OC2CCCC2)cc1. The second-order valence-corrected chi connectivity index (χ2v) is 9.47. The van der Waals surface area contributed by atoms with Crippen LogP contribution in [0.25, 0.3) is 11.3 Å². The van der Waals surface area contributed by atoms with E-state index in [4.69, 9.17) is 21.4 Å². The summed E-state index contributed by atoms with van der Waals surface area (Å²) in [5.41, 5.74) is 2.95. The first-order valence-corrected chi connectivity index (χ1v) is 12.6. The molecule has 2 aliphatic rings. The van der Waals surface area contributed by atoms with Gasteiger partial charge in [-0.3, -0.25) is 4.98 Å². The van der Waals surface area contributed by atoms with E-state index in [1.54, 1.807) is 0 Å². The molecule has 0 amide bonds. The molecule has 6 heteroatoms. The topological polar surface area (TPSA) is 50.5 Å². The maximum absolute atomic E-state index is 6.42. The molecular formula is C29H27N3O2S. The number of hydrogen-bond donors (Lipinski definition) is 1. The van der Waals surface area contributed by atoms with Crippen LogP contribution in [0.4, 0.5) is 5.69 Å². The number of pyridine rings is 1. The molecule has 1 aliphatic heterocycles. The third-order valence-electron chi connectivity index (χ3n) is 6.79. The average Bonchev–Trinajstić information content (AvgIpc) is 3.66. The van der Waals surface area contributed by atoms with Gasteiger partial charge in [0.15, 0.2) is 5.11 Å². The van der Waals surface area contributed by atoms with Crippen molar-refractivity contribution in [2.24, 2.45) is 0 Å². The number of furan rings is 1. The number of ether oxygens (including phenoxy) is 1. The highest BCUT2D eigenvalue weighted by atomic mass is 32.1. The zero-order chi connectivity index (χ0) is 23.6. The minimum Gasteiger partial charge on any atom is -0.490 e. The van der Waals surface area contributed by atoms with Gasteiger partial charge in [-0.1, -0.05) is 36.4 Å². The standard InChI is InChI=1S/C29H27N3O2S/c35-29-31-27(24-12-6-7-19-30-24)28(26-18-17-25(34-26)20-8-2-1-3-9-20)32(29)21-13-15-23(16-14-21)33-22-10-4-5-11-22/h1-3,6-9,12-19,22,27-28H,4-5,10-11H2,(H,31,35)/t27-,28+/m1/s1. The van der Waals surface area contributed by atoms with E-state index < -0.39 is 0 Å². The molecule has 176 valence electrons. The third-order valence-corrected chi connectivity index (χ3v) is 7.11. The van der Waals surface area contributed by atoms with Crippen LogP contribution in [0.3, 0.4) is 0 Å². The lowest BCUT2D eigenvalue weighted by molar-refractivity contribution is 0.210. The van der Waals surface area contributed by atoms with E-state index in [9.17, 15) is 0 Å².